The van der Waals surface area contributed by atoms with Crippen molar-refractivity contribution in [2.24, 2.45) is 0 Å². The Morgan fingerprint density at radius 1 is 1.04 bits per heavy atom. The molecular weight excluding hydrogens is 336 g/mol. The van der Waals surface area contributed by atoms with Crippen molar-refractivity contribution in [3.8, 4) is 0 Å². The second-order valence-corrected chi connectivity index (χ2v) is 5.43. The minimum Gasteiger partial charge on any atom is -0.465 e. The molecule has 0 aliphatic heterocycles. The fourth-order valence-corrected chi connectivity index (χ4v) is 2.22. The first-order valence-corrected chi connectivity index (χ1v) is 7.70. The Morgan fingerprint density at radius 3 is 2.46 bits per heavy atom. The van der Waals surface area contributed by atoms with Crippen LogP contribution in [0.4, 0.5) is 17.2 Å². The maximum absolute atomic E-state index is 12.3. The number of pyridine rings is 1. The summed E-state index contributed by atoms with van der Waals surface area (Å²) < 4.78 is 9.57. The number of carbonyl (C=O) groups excluding carboxylic acids is 2. The van der Waals surface area contributed by atoms with Gasteiger partial charge < -0.3 is 19.9 Å². The largest absolute Gasteiger partial charge is 0.465 e. The van der Waals surface area contributed by atoms with Crippen LogP contribution in [0, 0.1) is 6.92 Å². The second kappa shape index (κ2) is 7.47. The highest BCUT2D eigenvalue weighted by atomic mass is 16.5. The molecule has 0 saturated heterocycles. The van der Waals surface area contributed by atoms with Gasteiger partial charge in [-0.2, -0.15) is 0 Å². The van der Waals surface area contributed by atoms with Gasteiger partial charge in [-0.3, -0.25) is 9.78 Å². The summed E-state index contributed by atoms with van der Waals surface area (Å²) in [6.07, 6.45) is 3.04. The summed E-state index contributed by atoms with van der Waals surface area (Å²) in [4.78, 5) is 27.8. The molecule has 0 atom stereocenters. The average Bonchev–Trinajstić information content (AvgIpc) is 3.06. The maximum atomic E-state index is 12.3. The standard InChI is InChI=1S/C18H16N4O4/c1-11-7-16(22-26-11)21-17(23)13-8-15(10-19-9-13)20-14-5-3-12(4-6-14)18(24)25-2/h3-10,20H,1-2H3,(H,21,22,23). The number of methoxy groups -OCH3 is 1. The highest BCUT2D eigenvalue weighted by molar-refractivity contribution is 6.04. The van der Waals surface area contributed by atoms with E-state index in [1.54, 1.807) is 49.5 Å². The molecule has 0 radical (unpaired) electrons. The van der Waals surface area contributed by atoms with Gasteiger partial charge >= 0.3 is 5.97 Å². The van der Waals surface area contributed by atoms with Gasteiger partial charge in [0, 0.05) is 18.0 Å². The Bertz CT molecular complexity index is 934. The van der Waals surface area contributed by atoms with E-state index in [-0.39, 0.29) is 5.91 Å². The molecule has 2 N–H and O–H groups in total. The molecule has 2 heterocycles. The van der Waals surface area contributed by atoms with Crippen molar-refractivity contribution in [3.05, 3.63) is 65.7 Å². The molecule has 132 valence electrons. The van der Waals surface area contributed by atoms with Crippen molar-refractivity contribution >= 4 is 29.1 Å². The van der Waals surface area contributed by atoms with Crippen LogP contribution in [0.3, 0.4) is 0 Å². The van der Waals surface area contributed by atoms with Crippen LogP contribution >= 0.6 is 0 Å². The molecule has 0 aliphatic rings. The SMILES string of the molecule is COC(=O)c1ccc(Nc2cncc(C(=O)Nc3cc(C)on3)c2)cc1. The molecule has 26 heavy (non-hydrogen) atoms. The summed E-state index contributed by atoms with van der Waals surface area (Å²) in [5, 5.41) is 9.48. The smallest absolute Gasteiger partial charge is 0.337 e. The average molecular weight is 352 g/mol. The summed E-state index contributed by atoms with van der Waals surface area (Å²) in [7, 11) is 1.33. The van der Waals surface area contributed by atoms with Crippen molar-refractivity contribution < 1.29 is 18.8 Å². The lowest BCUT2D eigenvalue weighted by Gasteiger charge is -2.08. The summed E-state index contributed by atoms with van der Waals surface area (Å²) in [5.41, 5.74) is 2.18. The number of anilines is 3. The van der Waals surface area contributed by atoms with Crippen LogP contribution in [0.25, 0.3) is 0 Å². The molecule has 1 amide bonds. The van der Waals surface area contributed by atoms with Crippen LogP contribution in [-0.2, 0) is 4.74 Å². The Kier molecular flexibility index (Phi) is 4.93. The van der Waals surface area contributed by atoms with Gasteiger partial charge in [0.1, 0.15) is 5.76 Å². The van der Waals surface area contributed by atoms with Crippen LogP contribution < -0.4 is 10.6 Å². The van der Waals surface area contributed by atoms with E-state index in [9.17, 15) is 9.59 Å². The Hall–Kier alpha value is -3.68. The molecule has 0 fully saturated rings. The van der Waals surface area contributed by atoms with E-state index in [1.165, 1.54) is 13.3 Å². The van der Waals surface area contributed by atoms with Gasteiger partial charge in [0.05, 0.1) is 30.1 Å². The first-order valence-electron chi connectivity index (χ1n) is 7.70. The van der Waals surface area contributed by atoms with Crippen molar-refractivity contribution in [1.29, 1.82) is 0 Å². The zero-order valence-corrected chi connectivity index (χ0v) is 14.1. The van der Waals surface area contributed by atoms with Gasteiger partial charge in [-0.05, 0) is 37.3 Å². The lowest BCUT2D eigenvalue weighted by atomic mass is 10.2. The molecule has 0 aliphatic carbocycles. The molecule has 0 saturated carbocycles. The number of aromatic nitrogens is 2. The Labute approximate surface area is 149 Å². The predicted octanol–water partition coefficient (Wildman–Crippen LogP) is 3.16. The van der Waals surface area contributed by atoms with E-state index in [1.807, 2.05) is 0 Å². The molecule has 8 nitrogen and oxygen atoms in total. The lowest BCUT2D eigenvalue weighted by molar-refractivity contribution is 0.0600. The van der Waals surface area contributed by atoms with Crippen molar-refractivity contribution in [1.82, 2.24) is 10.1 Å². The zero-order valence-electron chi connectivity index (χ0n) is 14.1. The minimum atomic E-state index is -0.403. The molecule has 0 spiro atoms. The van der Waals surface area contributed by atoms with E-state index >= 15 is 0 Å². The zero-order chi connectivity index (χ0) is 18.5. The van der Waals surface area contributed by atoms with Crippen LogP contribution in [0.15, 0.2) is 53.3 Å². The van der Waals surface area contributed by atoms with E-state index in [4.69, 9.17) is 4.52 Å². The van der Waals surface area contributed by atoms with Crippen LogP contribution in [0.1, 0.15) is 26.5 Å². The molecule has 0 unspecified atom stereocenters. The highest BCUT2D eigenvalue weighted by Gasteiger charge is 2.10. The number of ether oxygens (including phenoxy) is 1. The molecule has 3 rings (SSSR count). The van der Waals surface area contributed by atoms with Crippen molar-refractivity contribution in [2.45, 2.75) is 6.92 Å². The predicted molar refractivity (Wildman–Crippen MR) is 94.5 cm³/mol. The summed E-state index contributed by atoms with van der Waals surface area (Å²) in [5.74, 6) is 0.184. The topological polar surface area (TPSA) is 106 Å². The van der Waals surface area contributed by atoms with Crippen LogP contribution in [0.2, 0.25) is 0 Å². The number of rotatable bonds is 5. The first-order chi connectivity index (χ1) is 12.5. The van der Waals surface area contributed by atoms with E-state index < -0.39 is 5.97 Å². The molecular formula is C18H16N4O4. The fraction of sp³-hybridized carbons (Fsp3) is 0.111. The first kappa shape index (κ1) is 17.2. The normalized spacial score (nSPS) is 10.2. The Morgan fingerprint density at radius 2 is 1.81 bits per heavy atom. The van der Waals surface area contributed by atoms with Crippen molar-refractivity contribution in [3.63, 3.8) is 0 Å². The summed E-state index contributed by atoms with van der Waals surface area (Å²) in [6, 6.07) is 10.0. The van der Waals surface area contributed by atoms with Crippen LogP contribution in [-0.4, -0.2) is 29.1 Å². The number of hydrogen-bond donors (Lipinski definition) is 2. The third-order valence-electron chi connectivity index (χ3n) is 3.46. The molecule has 1 aromatic carbocycles. The number of aryl methyl sites for hydroxylation is 1. The van der Waals surface area contributed by atoms with Gasteiger partial charge in [-0.1, -0.05) is 5.16 Å². The maximum Gasteiger partial charge on any atom is 0.337 e. The summed E-state index contributed by atoms with van der Waals surface area (Å²) in [6.45, 7) is 1.74. The van der Waals surface area contributed by atoms with E-state index in [0.717, 1.165) is 5.69 Å². The van der Waals surface area contributed by atoms with Crippen LogP contribution in [0.5, 0.6) is 0 Å². The Balaban J connectivity index is 1.70. The van der Waals surface area contributed by atoms with Gasteiger partial charge in [-0.25, -0.2) is 4.79 Å². The molecule has 8 heteroatoms. The third kappa shape index (κ3) is 4.04. The molecule has 0 bridgehead atoms. The van der Waals surface area contributed by atoms with Gasteiger partial charge in [0.2, 0.25) is 0 Å². The second-order valence-electron chi connectivity index (χ2n) is 5.43. The lowest BCUT2D eigenvalue weighted by Crippen LogP contribution is -2.12. The number of benzene rings is 1. The number of nitrogens with zero attached hydrogens (tertiary/aromatic N) is 2. The highest BCUT2D eigenvalue weighted by Crippen LogP contribution is 2.18. The van der Waals surface area contributed by atoms with Gasteiger partial charge in [0.15, 0.2) is 5.82 Å². The molecule has 3 aromatic rings. The number of amides is 1. The summed E-state index contributed by atoms with van der Waals surface area (Å²) >= 11 is 0. The number of hydrogen-bond acceptors (Lipinski definition) is 7. The quantitative estimate of drug-likeness (QED) is 0.679. The fourth-order valence-electron chi connectivity index (χ4n) is 2.22. The number of nitrogens with one attached hydrogen (secondary N) is 2. The molecule has 2 aromatic heterocycles. The van der Waals surface area contributed by atoms with Gasteiger partial charge in [-0.15, -0.1) is 0 Å². The van der Waals surface area contributed by atoms with Gasteiger partial charge in [0.25, 0.3) is 5.91 Å². The number of carbonyl (C=O) groups is 2. The van der Waals surface area contributed by atoms with Crippen molar-refractivity contribution in [2.75, 3.05) is 17.7 Å². The van der Waals surface area contributed by atoms with E-state index in [0.29, 0.717) is 28.4 Å². The third-order valence-corrected chi connectivity index (χ3v) is 3.46. The minimum absolute atomic E-state index is 0.337. The number of esters is 1. The monoisotopic (exact) mass is 352 g/mol. The van der Waals surface area contributed by atoms with E-state index in [2.05, 4.69) is 25.5 Å².